The second-order valence-electron chi connectivity index (χ2n) is 14.5. The average molecular weight is 860 g/mol. The van der Waals surface area contributed by atoms with Gasteiger partial charge in [0, 0.05) is 59.5 Å². The van der Waals surface area contributed by atoms with Crippen molar-refractivity contribution in [2.45, 2.75) is 65.0 Å². The maximum absolute atomic E-state index is 13.1. The number of halogens is 3. The van der Waals surface area contributed by atoms with Gasteiger partial charge in [-0.1, -0.05) is 6.07 Å². The van der Waals surface area contributed by atoms with Gasteiger partial charge in [0.1, 0.15) is 36.9 Å². The molecule has 0 amide bonds. The maximum Gasteiger partial charge on any atom is 0.496 e. The molecule has 0 saturated carbocycles. The smallest absolute Gasteiger partial charge is 0.491 e. The minimum Gasteiger partial charge on any atom is -0.491 e. The quantitative estimate of drug-likeness (QED) is 0.137. The molecule has 2 N–H and O–H groups in total. The minimum atomic E-state index is -0.613. The Bertz CT molecular complexity index is 2460. The second-order valence-corrected chi connectivity index (χ2v) is 15.4. The first-order valence-electron chi connectivity index (χ1n) is 18.0. The number of hydrogen-bond acceptors (Lipinski definition) is 12. The van der Waals surface area contributed by atoms with Crippen LogP contribution in [0, 0.1) is 34.6 Å². The summed E-state index contributed by atoms with van der Waals surface area (Å²) in [5.41, 5.74) is 3.45. The molecule has 1 saturated heterocycles. The molecule has 1 fully saturated rings. The lowest BCUT2D eigenvalue weighted by atomic mass is 9.80. The Hall–Kier alpha value is -5.50. The summed E-state index contributed by atoms with van der Waals surface area (Å²) < 4.78 is 52.4. The van der Waals surface area contributed by atoms with Crippen molar-refractivity contribution in [2.24, 2.45) is 14.1 Å². The Morgan fingerprint density at radius 1 is 0.776 bits per heavy atom. The van der Waals surface area contributed by atoms with E-state index in [0.717, 1.165) is 20.8 Å². The predicted octanol–water partition coefficient (Wildman–Crippen LogP) is 5.89. The number of hydrogen-bond donors (Lipinski definition) is 2. The van der Waals surface area contributed by atoms with Gasteiger partial charge in [0.2, 0.25) is 11.9 Å². The first-order valence-corrected chi connectivity index (χ1v) is 18.8. The number of nitriles is 2. The van der Waals surface area contributed by atoms with Crippen LogP contribution in [0.2, 0.25) is 0 Å². The van der Waals surface area contributed by atoms with Crippen LogP contribution in [0.25, 0.3) is 32.9 Å². The Kier molecular flexibility index (Phi) is 13.5. The van der Waals surface area contributed by atoms with E-state index in [1.54, 1.807) is 73.7 Å². The van der Waals surface area contributed by atoms with Crippen molar-refractivity contribution in [1.29, 1.82) is 10.5 Å². The molecular formula is C40H42BBrF2N8O6. The van der Waals surface area contributed by atoms with E-state index in [9.17, 15) is 24.3 Å². The molecule has 0 bridgehead atoms. The van der Waals surface area contributed by atoms with E-state index in [2.05, 4.69) is 48.2 Å². The molecule has 5 heterocycles. The lowest BCUT2D eigenvalue weighted by molar-refractivity contribution is 0.00578. The molecule has 2 atom stereocenters. The number of aliphatic hydroxyl groups is 2. The number of aryl methyl sites for hydroxylation is 2. The fourth-order valence-corrected chi connectivity index (χ4v) is 6.31. The number of benzene rings is 2. The Labute approximate surface area is 342 Å². The highest BCUT2D eigenvalue weighted by molar-refractivity contribution is 9.10. The van der Waals surface area contributed by atoms with Crippen molar-refractivity contribution in [3.8, 4) is 34.8 Å². The molecule has 0 unspecified atom stereocenters. The van der Waals surface area contributed by atoms with Crippen molar-refractivity contribution in [3.63, 3.8) is 0 Å². The molecule has 58 heavy (non-hydrogen) atoms. The number of aliphatic hydroxyl groups excluding tert-OH is 2. The Morgan fingerprint density at radius 3 is 1.72 bits per heavy atom. The first-order chi connectivity index (χ1) is 27.3. The van der Waals surface area contributed by atoms with E-state index in [1.165, 1.54) is 24.5 Å². The number of rotatable bonds is 8. The molecule has 14 nitrogen and oxygen atoms in total. The van der Waals surface area contributed by atoms with Gasteiger partial charge in [-0.25, -0.2) is 9.97 Å². The van der Waals surface area contributed by atoms with Crippen LogP contribution in [0.1, 0.15) is 52.9 Å². The zero-order valence-electron chi connectivity index (χ0n) is 33.2. The van der Waals surface area contributed by atoms with Crippen LogP contribution in [0.4, 0.5) is 8.78 Å². The van der Waals surface area contributed by atoms with Crippen LogP contribution < -0.4 is 14.9 Å². The van der Waals surface area contributed by atoms with Crippen molar-refractivity contribution in [2.75, 3.05) is 13.2 Å². The van der Waals surface area contributed by atoms with E-state index in [-0.39, 0.29) is 30.1 Å². The third-order valence-corrected chi connectivity index (χ3v) is 9.94. The lowest BCUT2D eigenvalue weighted by Gasteiger charge is -2.32. The average Bonchev–Trinajstić information content (AvgIpc) is 3.76. The SMILES string of the molecule is CC1(C)OB(c2ccc(F)nc2)OC1(C)C.C[C@@H](O)COc1cc(-c2ccc(F)nc2)c2c(C#N)nn(C)c2c1.C[C@@H](O)COc1cc(Br)c2c(C#N)nn(C)c2c1. The van der Waals surface area contributed by atoms with Gasteiger partial charge in [-0.15, -0.1) is 0 Å². The fourth-order valence-electron chi connectivity index (χ4n) is 5.70. The van der Waals surface area contributed by atoms with Crippen molar-refractivity contribution in [1.82, 2.24) is 29.5 Å². The van der Waals surface area contributed by atoms with Gasteiger partial charge < -0.3 is 29.0 Å². The van der Waals surface area contributed by atoms with Crippen molar-refractivity contribution >= 4 is 50.3 Å². The summed E-state index contributed by atoms with van der Waals surface area (Å²) in [4.78, 5) is 7.26. The van der Waals surface area contributed by atoms with Crippen LogP contribution in [-0.2, 0) is 23.4 Å². The van der Waals surface area contributed by atoms with Crippen LogP contribution in [0.15, 0.2) is 65.4 Å². The van der Waals surface area contributed by atoms with Gasteiger partial charge in [0.15, 0.2) is 11.4 Å². The number of pyridine rings is 2. The fraction of sp³-hybridized carbons (Fsp3) is 0.350. The van der Waals surface area contributed by atoms with Gasteiger partial charge in [-0.2, -0.15) is 29.5 Å². The summed E-state index contributed by atoms with van der Waals surface area (Å²) in [6.45, 7) is 11.5. The summed E-state index contributed by atoms with van der Waals surface area (Å²) >= 11 is 3.41. The Balaban J connectivity index is 0.000000170. The largest absolute Gasteiger partial charge is 0.496 e. The molecule has 0 spiro atoms. The number of fused-ring (bicyclic) bond motifs is 2. The second kappa shape index (κ2) is 18.0. The summed E-state index contributed by atoms with van der Waals surface area (Å²) in [7, 11) is 3.03. The standard InChI is InChI=1S/C17H15FN4O2.C12H12BrN3O2.C11H15BFNO2/c1-10(23)9-24-12-5-13(11-3-4-16(18)20-8-11)17-14(7-19)21-22(2)15(17)6-12;1-7(17)6-18-8-3-9(13)12-10(5-14)15-16(2)11(12)4-8;1-10(2)11(3,4)16-12(15-10)8-5-6-9(13)14-7-8/h3-6,8,10,23H,9H2,1-2H3;3-4,7,17H,6H2,1-2H3;5-7H,1-4H3/t10-;7-;/m11./s1. The van der Waals surface area contributed by atoms with E-state index in [4.69, 9.17) is 24.0 Å². The highest BCUT2D eigenvalue weighted by atomic mass is 79.9. The Morgan fingerprint density at radius 2 is 1.26 bits per heavy atom. The zero-order chi connectivity index (χ0) is 42.5. The molecule has 1 aliphatic heterocycles. The molecule has 4 aromatic heterocycles. The molecule has 0 aliphatic carbocycles. The van der Waals surface area contributed by atoms with Gasteiger partial charge >= 0.3 is 7.12 Å². The molecule has 302 valence electrons. The lowest BCUT2D eigenvalue weighted by Crippen LogP contribution is -2.41. The molecular weight excluding hydrogens is 817 g/mol. The number of nitrogens with zero attached hydrogens (tertiary/aromatic N) is 8. The maximum atomic E-state index is 13.1. The molecule has 7 rings (SSSR count). The van der Waals surface area contributed by atoms with E-state index in [0.29, 0.717) is 39.2 Å². The summed E-state index contributed by atoms with van der Waals surface area (Å²) in [6, 6.07) is 17.0. The zero-order valence-corrected chi connectivity index (χ0v) is 34.7. The van der Waals surface area contributed by atoms with E-state index < -0.39 is 31.2 Å². The molecule has 0 radical (unpaired) electrons. The summed E-state index contributed by atoms with van der Waals surface area (Å²) in [6.07, 6.45) is 1.70. The van der Waals surface area contributed by atoms with Crippen molar-refractivity contribution in [3.05, 3.63) is 88.7 Å². The highest BCUT2D eigenvalue weighted by Gasteiger charge is 2.51. The van der Waals surface area contributed by atoms with Crippen LogP contribution >= 0.6 is 15.9 Å². The van der Waals surface area contributed by atoms with E-state index in [1.807, 2.05) is 27.7 Å². The highest BCUT2D eigenvalue weighted by Crippen LogP contribution is 2.37. The van der Waals surface area contributed by atoms with Crippen LogP contribution in [0.3, 0.4) is 0 Å². The third-order valence-electron chi connectivity index (χ3n) is 9.31. The van der Waals surface area contributed by atoms with Crippen LogP contribution in [0.5, 0.6) is 11.5 Å². The van der Waals surface area contributed by atoms with E-state index >= 15 is 0 Å². The molecule has 2 aromatic carbocycles. The number of aromatic nitrogens is 6. The normalized spacial score (nSPS) is 15.1. The first kappa shape index (κ1) is 43.6. The van der Waals surface area contributed by atoms with Crippen LogP contribution in [-0.4, -0.2) is 83.5 Å². The van der Waals surface area contributed by atoms with Gasteiger partial charge in [0.25, 0.3) is 0 Å². The van der Waals surface area contributed by atoms with Gasteiger partial charge in [0.05, 0.1) is 39.8 Å². The molecule has 1 aliphatic rings. The monoisotopic (exact) mass is 858 g/mol. The van der Waals surface area contributed by atoms with Gasteiger partial charge in [-0.05, 0) is 93.4 Å². The summed E-state index contributed by atoms with van der Waals surface area (Å²) in [5.74, 6) is 0.0708. The number of ether oxygens (including phenoxy) is 2. The molecule has 6 aromatic rings. The van der Waals surface area contributed by atoms with Gasteiger partial charge in [-0.3, -0.25) is 9.36 Å². The minimum absolute atomic E-state index is 0.134. The molecule has 18 heteroatoms. The summed E-state index contributed by atoms with van der Waals surface area (Å²) in [5, 5.41) is 46.7. The van der Waals surface area contributed by atoms with Crippen molar-refractivity contribution < 1.29 is 37.8 Å². The topological polar surface area (TPSA) is 186 Å². The predicted molar refractivity (Wildman–Crippen MR) is 216 cm³/mol. The third kappa shape index (κ3) is 9.96.